The zero-order valence-corrected chi connectivity index (χ0v) is 10.6. The first-order chi connectivity index (χ1) is 8.56. The maximum Gasteiger partial charge on any atom is 0.371 e. The lowest BCUT2D eigenvalue weighted by atomic mass is 10.2. The van der Waals surface area contributed by atoms with Crippen LogP contribution in [0.5, 0.6) is 0 Å². The van der Waals surface area contributed by atoms with E-state index in [1.165, 1.54) is 23.9 Å². The SMILES string of the molecule is O=C(O)c1ccc(SCc2ccc(Cl)cc2F)o1. The highest BCUT2D eigenvalue weighted by atomic mass is 35.5. The lowest BCUT2D eigenvalue weighted by Gasteiger charge is -2.01. The van der Waals surface area contributed by atoms with Crippen molar-refractivity contribution in [2.24, 2.45) is 0 Å². The Bertz CT molecular complexity index is 582. The van der Waals surface area contributed by atoms with E-state index in [9.17, 15) is 9.18 Å². The molecule has 2 aromatic rings. The monoisotopic (exact) mass is 286 g/mol. The number of carbonyl (C=O) groups is 1. The molecule has 0 fully saturated rings. The number of carboxylic acid groups (broad SMARTS) is 1. The molecule has 0 spiro atoms. The quantitative estimate of drug-likeness (QED) is 0.861. The fourth-order valence-corrected chi connectivity index (χ4v) is 2.30. The van der Waals surface area contributed by atoms with Gasteiger partial charge in [0.1, 0.15) is 5.82 Å². The van der Waals surface area contributed by atoms with Crippen LogP contribution in [0, 0.1) is 5.82 Å². The second-order valence-electron chi connectivity index (χ2n) is 3.45. The van der Waals surface area contributed by atoms with Gasteiger partial charge in [0.05, 0.1) is 0 Å². The van der Waals surface area contributed by atoms with E-state index in [0.717, 1.165) is 0 Å². The van der Waals surface area contributed by atoms with E-state index in [2.05, 4.69) is 0 Å². The van der Waals surface area contributed by atoms with Crippen molar-refractivity contribution < 1.29 is 18.7 Å². The van der Waals surface area contributed by atoms with Gasteiger partial charge in [0.25, 0.3) is 0 Å². The van der Waals surface area contributed by atoms with Crippen molar-refractivity contribution in [3.05, 3.63) is 52.5 Å². The van der Waals surface area contributed by atoms with Crippen molar-refractivity contribution in [3.8, 4) is 0 Å². The second kappa shape index (κ2) is 5.46. The van der Waals surface area contributed by atoms with Gasteiger partial charge in [-0.15, -0.1) is 0 Å². The Hall–Kier alpha value is -1.46. The summed E-state index contributed by atoms with van der Waals surface area (Å²) in [4.78, 5) is 10.6. The van der Waals surface area contributed by atoms with Gasteiger partial charge in [0, 0.05) is 10.8 Å². The van der Waals surface area contributed by atoms with Crippen LogP contribution in [-0.2, 0) is 5.75 Å². The summed E-state index contributed by atoms with van der Waals surface area (Å²) in [6.45, 7) is 0. The Kier molecular flexibility index (Phi) is 3.93. The van der Waals surface area contributed by atoms with Gasteiger partial charge in [-0.1, -0.05) is 29.4 Å². The van der Waals surface area contributed by atoms with Crippen LogP contribution in [0.2, 0.25) is 5.02 Å². The van der Waals surface area contributed by atoms with Crippen molar-refractivity contribution in [1.29, 1.82) is 0 Å². The van der Waals surface area contributed by atoms with Crippen LogP contribution in [0.25, 0.3) is 0 Å². The molecule has 0 saturated carbocycles. The first kappa shape index (κ1) is 13.0. The highest BCUT2D eigenvalue weighted by Gasteiger charge is 2.10. The second-order valence-corrected chi connectivity index (χ2v) is 4.86. The molecule has 0 radical (unpaired) electrons. The lowest BCUT2D eigenvalue weighted by Crippen LogP contribution is -1.91. The standard InChI is InChI=1S/C12H8ClFO3S/c13-8-2-1-7(9(14)5-8)6-18-11-4-3-10(17-11)12(15)16/h1-5H,6H2,(H,15,16). The van der Waals surface area contributed by atoms with Gasteiger partial charge in [-0.05, 0) is 29.8 Å². The van der Waals surface area contributed by atoms with Crippen LogP contribution in [0.3, 0.4) is 0 Å². The van der Waals surface area contributed by atoms with Crippen LogP contribution in [0.1, 0.15) is 16.1 Å². The molecule has 1 aromatic heterocycles. The van der Waals surface area contributed by atoms with Crippen LogP contribution in [-0.4, -0.2) is 11.1 Å². The minimum Gasteiger partial charge on any atom is -0.475 e. The van der Waals surface area contributed by atoms with E-state index >= 15 is 0 Å². The van der Waals surface area contributed by atoms with Gasteiger partial charge >= 0.3 is 5.97 Å². The summed E-state index contributed by atoms with van der Waals surface area (Å²) in [5, 5.41) is 9.45. The minimum absolute atomic E-state index is 0.130. The van der Waals surface area contributed by atoms with Crippen LogP contribution in [0.15, 0.2) is 39.8 Å². The van der Waals surface area contributed by atoms with Crippen LogP contribution in [0.4, 0.5) is 4.39 Å². The minimum atomic E-state index is -1.13. The topological polar surface area (TPSA) is 50.4 Å². The van der Waals surface area contributed by atoms with Crippen molar-refractivity contribution in [3.63, 3.8) is 0 Å². The Balaban J connectivity index is 2.04. The zero-order valence-electron chi connectivity index (χ0n) is 9.02. The van der Waals surface area contributed by atoms with E-state index in [0.29, 0.717) is 21.4 Å². The first-order valence-corrected chi connectivity index (χ1v) is 6.32. The third-order valence-electron chi connectivity index (χ3n) is 2.18. The molecule has 1 aromatic carbocycles. The average molecular weight is 287 g/mol. The molecule has 0 aliphatic carbocycles. The molecule has 6 heteroatoms. The van der Waals surface area contributed by atoms with Gasteiger partial charge in [-0.2, -0.15) is 0 Å². The Morgan fingerprint density at radius 3 is 2.78 bits per heavy atom. The normalized spacial score (nSPS) is 10.6. The van der Waals surface area contributed by atoms with Gasteiger partial charge in [-0.3, -0.25) is 0 Å². The molecule has 0 atom stereocenters. The summed E-state index contributed by atoms with van der Waals surface area (Å²) in [5.41, 5.74) is 0.484. The molecule has 0 bridgehead atoms. The number of furan rings is 1. The summed E-state index contributed by atoms with van der Waals surface area (Å²) in [6, 6.07) is 7.34. The molecule has 0 amide bonds. The van der Waals surface area contributed by atoms with Crippen molar-refractivity contribution in [2.45, 2.75) is 10.8 Å². The predicted octanol–water partition coefficient (Wildman–Crippen LogP) is 4.06. The number of benzene rings is 1. The smallest absolute Gasteiger partial charge is 0.371 e. The van der Waals surface area contributed by atoms with Gasteiger partial charge < -0.3 is 9.52 Å². The Labute approximate surface area is 112 Å². The first-order valence-electron chi connectivity index (χ1n) is 4.96. The van der Waals surface area contributed by atoms with E-state index < -0.39 is 5.97 Å². The molecule has 0 saturated heterocycles. The largest absolute Gasteiger partial charge is 0.475 e. The van der Waals surface area contributed by atoms with E-state index in [1.54, 1.807) is 18.2 Å². The lowest BCUT2D eigenvalue weighted by molar-refractivity contribution is 0.0656. The molecular formula is C12H8ClFO3S. The summed E-state index contributed by atoms with van der Waals surface area (Å²) < 4.78 is 18.5. The van der Waals surface area contributed by atoms with Crippen LogP contribution >= 0.6 is 23.4 Å². The fourth-order valence-electron chi connectivity index (χ4n) is 1.30. The predicted molar refractivity (Wildman–Crippen MR) is 66.6 cm³/mol. The third kappa shape index (κ3) is 3.05. The van der Waals surface area contributed by atoms with Crippen molar-refractivity contribution >= 4 is 29.3 Å². The molecular weight excluding hydrogens is 279 g/mol. The molecule has 94 valence electrons. The molecule has 0 aliphatic heterocycles. The highest BCUT2D eigenvalue weighted by Crippen LogP contribution is 2.26. The number of hydrogen-bond donors (Lipinski definition) is 1. The summed E-state index contributed by atoms with van der Waals surface area (Å²) in [6.07, 6.45) is 0. The average Bonchev–Trinajstić information content (AvgIpc) is 2.76. The van der Waals surface area contributed by atoms with Gasteiger partial charge in [0.2, 0.25) is 5.76 Å². The molecule has 1 heterocycles. The number of aromatic carboxylic acids is 1. The van der Waals surface area contributed by atoms with Gasteiger partial charge in [-0.25, -0.2) is 9.18 Å². The maximum absolute atomic E-state index is 13.5. The summed E-state index contributed by atoms with van der Waals surface area (Å²) >= 11 is 6.86. The molecule has 18 heavy (non-hydrogen) atoms. The third-order valence-corrected chi connectivity index (χ3v) is 3.37. The zero-order chi connectivity index (χ0) is 13.1. The number of carboxylic acids is 1. The maximum atomic E-state index is 13.5. The molecule has 2 rings (SSSR count). The van der Waals surface area contributed by atoms with Gasteiger partial charge in [0.15, 0.2) is 5.09 Å². The molecule has 1 N–H and O–H groups in total. The molecule has 0 unspecified atom stereocenters. The van der Waals surface area contributed by atoms with Crippen molar-refractivity contribution in [2.75, 3.05) is 0 Å². The fraction of sp³-hybridized carbons (Fsp3) is 0.0833. The Morgan fingerprint density at radius 2 is 2.17 bits per heavy atom. The van der Waals surface area contributed by atoms with E-state index in [-0.39, 0.29) is 11.6 Å². The Morgan fingerprint density at radius 1 is 1.39 bits per heavy atom. The van der Waals surface area contributed by atoms with E-state index in [4.69, 9.17) is 21.1 Å². The number of halogens is 2. The number of thioether (sulfide) groups is 1. The molecule has 3 nitrogen and oxygen atoms in total. The summed E-state index contributed by atoms with van der Waals surface area (Å²) in [7, 11) is 0. The van der Waals surface area contributed by atoms with Crippen molar-refractivity contribution in [1.82, 2.24) is 0 Å². The number of hydrogen-bond acceptors (Lipinski definition) is 3. The number of rotatable bonds is 4. The van der Waals surface area contributed by atoms with E-state index in [1.807, 2.05) is 0 Å². The summed E-state index contributed by atoms with van der Waals surface area (Å²) in [5.74, 6) is -1.30. The molecule has 0 aliphatic rings. The van der Waals surface area contributed by atoms with Crippen LogP contribution < -0.4 is 0 Å². The highest BCUT2D eigenvalue weighted by molar-refractivity contribution is 7.98.